The van der Waals surface area contributed by atoms with Crippen LogP contribution in [-0.4, -0.2) is 45.4 Å². The molecule has 4 N–H and O–H groups in total. The van der Waals surface area contributed by atoms with Gasteiger partial charge in [0.05, 0.1) is 25.4 Å². The van der Waals surface area contributed by atoms with Crippen LogP contribution < -0.4 is 16.4 Å². The van der Waals surface area contributed by atoms with Crippen LogP contribution in [0.1, 0.15) is 25.3 Å². The van der Waals surface area contributed by atoms with Crippen molar-refractivity contribution in [3.05, 3.63) is 52.6 Å². The number of nitrogens with two attached hydrogens (primary N) is 2. The zero-order valence-electron chi connectivity index (χ0n) is 15.9. The van der Waals surface area contributed by atoms with Crippen LogP contribution in [0, 0.1) is 0 Å². The van der Waals surface area contributed by atoms with Gasteiger partial charge in [0.15, 0.2) is 5.88 Å². The Morgan fingerprint density at radius 1 is 1.26 bits per heavy atom. The molecule has 2 heterocycles. The molecule has 1 fully saturated rings. The third-order valence-electron chi connectivity index (χ3n) is 4.91. The van der Waals surface area contributed by atoms with Gasteiger partial charge in [-0.2, -0.15) is 0 Å². The molecule has 3 rings (SSSR count). The minimum absolute atomic E-state index is 0.192. The maximum atomic E-state index is 12.6. The molecule has 0 bridgehead atoms. The Balaban J connectivity index is 1.96. The molecule has 7 nitrogen and oxygen atoms in total. The largest absolute Gasteiger partial charge is 0.463 e. The van der Waals surface area contributed by atoms with Crippen LogP contribution in [0.2, 0.25) is 0 Å². The highest BCUT2D eigenvalue weighted by molar-refractivity contribution is 5.92. The molecular formula is C20H27N3O4. The summed E-state index contributed by atoms with van der Waals surface area (Å²) in [6.07, 6.45) is 0. The van der Waals surface area contributed by atoms with Gasteiger partial charge in [0.25, 0.3) is 0 Å². The van der Waals surface area contributed by atoms with E-state index in [0.717, 1.165) is 37.6 Å². The number of nitrogens with zero attached hydrogens (tertiary/aromatic N) is 1. The summed E-state index contributed by atoms with van der Waals surface area (Å²) in [5.41, 5.74) is 15.2. The van der Waals surface area contributed by atoms with E-state index in [4.69, 9.17) is 25.7 Å². The van der Waals surface area contributed by atoms with Gasteiger partial charge in [0, 0.05) is 36.8 Å². The molecule has 1 saturated heterocycles. The van der Waals surface area contributed by atoms with Crippen molar-refractivity contribution in [3.8, 4) is 0 Å². The highest BCUT2D eigenvalue weighted by atomic mass is 16.5. The third kappa shape index (κ3) is 3.94. The zero-order chi connectivity index (χ0) is 19.4. The molecular weight excluding hydrogens is 346 g/mol. The predicted octanol–water partition coefficient (Wildman–Crippen LogP) is 1.60. The van der Waals surface area contributed by atoms with E-state index < -0.39 is 5.97 Å². The van der Waals surface area contributed by atoms with Gasteiger partial charge in [-0.05, 0) is 31.5 Å². The van der Waals surface area contributed by atoms with Crippen molar-refractivity contribution in [1.29, 1.82) is 0 Å². The Kier molecular flexibility index (Phi) is 6.03. The predicted molar refractivity (Wildman–Crippen MR) is 103 cm³/mol. The fourth-order valence-corrected chi connectivity index (χ4v) is 3.56. The maximum Gasteiger partial charge on any atom is 0.338 e. The van der Waals surface area contributed by atoms with E-state index >= 15 is 0 Å². The third-order valence-corrected chi connectivity index (χ3v) is 4.91. The summed E-state index contributed by atoms with van der Waals surface area (Å²) < 4.78 is 16.2. The summed E-state index contributed by atoms with van der Waals surface area (Å²) in [5.74, 6) is -0.0760. The molecule has 7 heteroatoms. The normalized spacial score (nSPS) is 20.6. The van der Waals surface area contributed by atoms with E-state index in [0.29, 0.717) is 16.9 Å². The molecule has 2 aliphatic heterocycles. The highest BCUT2D eigenvalue weighted by Crippen LogP contribution is 2.39. The van der Waals surface area contributed by atoms with E-state index in [9.17, 15) is 4.79 Å². The summed E-state index contributed by atoms with van der Waals surface area (Å²) in [7, 11) is 0. The molecule has 0 spiro atoms. The van der Waals surface area contributed by atoms with Crippen LogP contribution in [0.3, 0.4) is 0 Å². The van der Waals surface area contributed by atoms with Crippen molar-refractivity contribution in [2.45, 2.75) is 19.8 Å². The van der Waals surface area contributed by atoms with E-state index in [1.807, 2.05) is 12.1 Å². The number of carbonyl (C=O) groups is 1. The Morgan fingerprint density at radius 3 is 2.52 bits per heavy atom. The van der Waals surface area contributed by atoms with E-state index in [2.05, 4.69) is 17.0 Å². The van der Waals surface area contributed by atoms with Crippen molar-refractivity contribution in [2.24, 2.45) is 11.5 Å². The first kappa shape index (κ1) is 19.3. The molecule has 0 amide bonds. The number of carbonyl (C=O) groups excluding carboxylic acids is 1. The number of esters is 1. The molecule has 1 aromatic rings. The first-order valence-electron chi connectivity index (χ1n) is 9.23. The molecule has 0 saturated carbocycles. The van der Waals surface area contributed by atoms with Crippen molar-refractivity contribution >= 4 is 11.7 Å². The average Bonchev–Trinajstić information content (AvgIpc) is 2.68. The number of allylic oxidation sites excluding steroid dienone is 1. The maximum absolute atomic E-state index is 12.6. The standard InChI is InChI=1S/C20H27N3O4/c1-3-26-20(24)17-13(2)27-19(22)16(12-21)18(17)14-4-6-15(7-5-14)23-8-10-25-11-9-23/h4-7,18H,3,8-12,21-22H2,1-2H3. The molecule has 2 aliphatic rings. The van der Waals surface area contributed by atoms with Crippen LogP contribution in [0.15, 0.2) is 47.1 Å². The minimum Gasteiger partial charge on any atom is -0.463 e. The lowest BCUT2D eigenvalue weighted by Gasteiger charge is -2.31. The number of morpholine rings is 1. The Bertz CT molecular complexity index is 749. The molecule has 0 radical (unpaired) electrons. The first-order valence-corrected chi connectivity index (χ1v) is 9.23. The van der Waals surface area contributed by atoms with Crippen molar-refractivity contribution < 1.29 is 19.0 Å². The van der Waals surface area contributed by atoms with Gasteiger partial charge in [0.2, 0.25) is 0 Å². The summed E-state index contributed by atoms with van der Waals surface area (Å²) in [5, 5.41) is 0. The van der Waals surface area contributed by atoms with E-state index in [-0.39, 0.29) is 25.0 Å². The number of rotatable bonds is 5. The van der Waals surface area contributed by atoms with Crippen molar-refractivity contribution in [1.82, 2.24) is 0 Å². The number of ether oxygens (including phenoxy) is 3. The van der Waals surface area contributed by atoms with Gasteiger partial charge in [-0.3, -0.25) is 0 Å². The van der Waals surface area contributed by atoms with Gasteiger partial charge in [0.1, 0.15) is 5.76 Å². The molecule has 27 heavy (non-hydrogen) atoms. The lowest BCUT2D eigenvalue weighted by Crippen LogP contribution is -2.36. The van der Waals surface area contributed by atoms with Crippen LogP contribution in [0.4, 0.5) is 5.69 Å². The number of hydrogen-bond donors (Lipinski definition) is 2. The summed E-state index contributed by atoms with van der Waals surface area (Å²) >= 11 is 0. The molecule has 1 aromatic carbocycles. The van der Waals surface area contributed by atoms with Crippen LogP contribution in [-0.2, 0) is 19.0 Å². The summed E-state index contributed by atoms with van der Waals surface area (Å²) in [6, 6.07) is 8.13. The summed E-state index contributed by atoms with van der Waals surface area (Å²) in [4.78, 5) is 14.9. The Hall–Kier alpha value is -2.51. The fraction of sp³-hybridized carbons (Fsp3) is 0.450. The van der Waals surface area contributed by atoms with Gasteiger partial charge in [-0.15, -0.1) is 0 Å². The topological polar surface area (TPSA) is 100 Å². The lowest BCUT2D eigenvalue weighted by molar-refractivity contribution is -0.139. The Morgan fingerprint density at radius 2 is 1.93 bits per heavy atom. The first-order chi connectivity index (χ1) is 13.1. The average molecular weight is 373 g/mol. The fourth-order valence-electron chi connectivity index (χ4n) is 3.56. The van der Waals surface area contributed by atoms with Crippen LogP contribution >= 0.6 is 0 Å². The monoisotopic (exact) mass is 373 g/mol. The summed E-state index contributed by atoms with van der Waals surface area (Å²) in [6.45, 7) is 7.17. The zero-order valence-corrected chi connectivity index (χ0v) is 15.9. The van der Waals surface area contributed by atoms with Gasteiger partial charge in [-0.1, -0.05) is 12.1 Å². The van der Waals surface area contributed by atoms with Crippen LogP contribution in [0.5, 0.6) is 0 Å². The second-order valence-electron chi connectivity index (χ2n) is 6.51. The van der Waals surface area contributed by atoms with Crippen LogP contribution in [0.25, 0.3) is 0 Å². The Labute approximate surface area is 159 Å². The highest BCUT2D eigenvalue weighted by Gasteiger charge is 2.35. The van der Waals surface area contributed by atoms with Gasteiger partial charge >= 0.3 is 5.97 Å². The smallest absolute Gasteiger partial charge is 0.338 e. The molecule has 1 atom stereocenters. The van der Waals surface area contributed by atoms with E-state index in [1.54, 1.807) is 13.8 Å². The van der Waals surface area contributed by atoms with Gasteiger partial charge in [-0.25, -0.2) is 4.79 Å². The van der Waals surface area contributed by atoms with Crippen molar-refractivity contribution in [3.63, 3.8) is 0 Å². The molecule has 146 valence electrons. The number of anilines is 1. The quantitative estimate of drug-likeness (QED) is 0.756. The van der Waals surface area contributed by atoms with Crippen molar-refractivity contribution in [2.75, 3.05) is 44.4 Å². The minimum atomic E-state index is -0.407. The number of benzene rings is 1. The second kappa shape index (κ2) is 8.45. The molecule has 0 aliphatic carbocycles. The van der Waals surface area contributed by atoms with E-state index in [1.165, 1.54) is 0 Å². The molecule has 1 unspecified atom stereocenters. The lowest BCUT2D eigenvalue weighted by atomic mass is 9.82. The van der Waals surface area contributed by atoms with Gasteiger partial charge < -0.3 is 30.6 Å². The molecule has 0 aromatic heterocycles. The second-order valence-corrected chi connectivity index (χ2v) is 6.51. The number of hydrogen-bond acceptors (Lipinski definition) is 7. The SMILES string of the molecule is CCOC(=O)C1=C(C)OC(N)=C(CN)C1c1ccc(N2CCOCC2)cc1.